The van der Waals surface area contributed by atoms with Gasteiger partial charge in [0.15, 0.2) is 0 Å². The van der Waals surface area contributed by atoms with Gasteiger partial charge in [0, 0.05) is 60.4 Å². The van der Waals surface area contributed by atoms with Crippen molar-refractivity contribution >= 4 is 0 Å². The molecule has 0 bridgehead atoms. The molecule has 0 aromatic carbocycles. The van der Waals surface area contributed by atoms with Gasteiger partial charge in [-0.05, 0) is 232 Å². The van der Waals surface area contributed by atoms with Gasteiger partial charge in [-0.25, -0.2) is 0 Å². The summed E-state index contributed by atoms with van der Waals surface area (Å²) in [4.78, 5) is 6.61. The maximum atomic E-state index is 4.31. The number of nitrogens with one attached hydrogen (secondary N) is 2. The van der Waals surface area contributed by atoms with Crippen molar-refractivity contribution in [3.05, 3.63) is 24.3 Å². The van der Waals surface area contributed by atoms with Gasteiger partial charge in [0.05, 0.1) is 0 Å². The van der Waals surface area contributed by atoms with Crippen molar-refractivity contribution in [2.24, 2.45) is 76.9 Å². The zero-order valence-electron chi connectivity index (χ0n) is 48.6. The first-order chi connectivity index (χ1) is 35.7. The quantitative estimate of drug-likeness (QED) is 0.191. The van der Waals surface area contributed by atoms with Crippen molar-refractivity contribution < 1.29 is 0 Å². The molecule has 11 rings (SSSR count). The average Bonchev–Trinajstić information content (AvgIpc) is 3.40. The van der Waals surface area contributed by atoms with E-state index < -0.39 is 0 Å². The van der Waals surface area contributed by atoms with Crippen LogP contribution in [-0.4, -0.2) is 70.2 Å². The molecule has 2 aliphatic heterocycles. The molecule has 0 aromatic rings. The molecule has 11 aliphatic rings. The fourth-order valence-electron chi connectivity index (χ4n) is 21.4. The fourth-order valence-corrected chi connectivity index (χ4v) is 21.4. The number of allylic oxidation sites excluding steroid dienone is 4. The van der Waals surface area contributed by atoms with Gasteiger partial charge < -0.3 is 10.6 Å². The lowest BCUT2D eigenvalue weighted by Crippen LogP contribution is -2.68. The first-order valence-corrected chi connectivity index (χ1v) is 34.1. The Morgan fingerprint density at radius 3 is 1.12 bits per heavy atom. The SMILES string of the molecule is CC1CCCC(N(C2CCCC(C)C2)C2CCCC(N(C3CCCC(C)C3)C3CCCC(C=CC4CCC(C=CC5CCCC(C6CC(C)NC7C6CCC6C(C8CCCCC8)CC(C)NC67)C5)CC4)C3)C2)C1. The molecule has 9 saturated carbocycles. The maximum Gasteiger partial charge on any atom is 0.0257 e. The van der Waals surface area contributed by atoms with Crippen LogP contribution in [0.2, 0.25) is 0 Å². The molecule has 0 radical (unpaired) electrons. The van der Waals surface area contributed by atoms with E-state index in [4.69, 9.17) is 0 Å². The van der Waals surface area contributed by atoms with Crippen LogP contribution in [0.1, 0.15) is 272 Å². The smallest absolute Gasteiger partial charge is 0.0257 e. The van der Waals surface area contributed by atoms with Crippen LogP contribution in [0.25, 0.3) is 0 Å². The highest BCUT2D eigenvalue weighted by molar-refractivity contribution is 5.10. The summed E-state index contributed by atoms with van der Waals surface area (Å²) in [6, 6.07) is 7.79. The zero-order chi connectivity index (χ0) is 49.8. The molecular weight excluding hydrogens is 885 g/mol. The van der Waals surface area contributed by atoms with Gasteiger partial charge in [-0.1, -0.05) is 141 Å². The lowest BCUT2D eigenvalue weighted by Gasteiger charge is -2.58. The van der Waals surface area contributed by atoms with Crippen molar-refractivity contribution in [1.29, 1.82) is 0 Å². The van der Waals surface area contributed by atoms with E-state index in [1.165, 1.54) is 238 Å². The summed E-state index contributed by atoms with van der Waals surface area (Å²) in [5.74, 6) is 11.7. The van der Waals surface area contributed by atoms with Crippen LogP contribution in [-0.2, 0) is 0 Å². The Hall–Kier alpha value is -0.680. The monoisotopic (exact) mass is 1000 g/mol. The van der Waals surface area contributed by atoms with Gasteiger partial charge in [-0.2, -0.15) is 0 Å². The van der Waals surface area contributed by atoms with Gasteiger partial charge in [0.1, 0.15) is 0 Å². The lowest BCUT2D eigenvalue weighted by molar-refractivity contribution is -0.0380. The minimum absolute atomic E-state index is 0.674. The Labute approximate surface area is 452 Å². The highest BCUT2D eigenvalue weighted by Crippen LogP contribution is 2.52. The molecule has 9 aliphatic carbocycles. The topological polar surface area (TPSA) is 30.5 Å². The second kappa shape index (κ2) is 25.6. The van der Waals surface area contributed by atoms with Crippen LogP contribution in [0.5, 0.6) is 0 Å². The van der Waals surface area contributed by atoms with E-state index in [1.54, 1.807) is 0 Å². The van der Waals surface area contributed by atoms with Crippen LogP contribution < -0.4 is 10.6 Å². The standard InChI is InChI=1S/C69H118N4/c1-47-15-9-23-58(39-47)72(59-24-10-16-48(2)40-59)62-27-14-28-63(46-62)73(60-25-11-17-49(3)41-60)61-26-13-19-55(45-61)36-34-53-31-29-52(30-32-53)33-35-54-18-12-22-57(44-54)67-43-51(5)71-69-65(67)38-37-64-66(42-50(4)70-68(64)69)56-20-7-6-8-21-56/h33-36,47-71H,6-32,37-46H2,1-5H3. The van der Waals surface area contributed by atoms with Crippen LogP contribution >= 0.6 is 0 Å². The number of piperidine rings is 2. The Balaban J connectivity index is 0.680. The summed E-state index contributed by atoms with van der Waals surface area (Å²) in [5.41, 5.74) is 0. The molecule has 4 heteroatoms. The Morgan fingerprint density at radius 1 is 0.274 bits per heavy atom. The molecule has 414 valence electrons. The summed E-state index contributed by atoms with van der Waals surface area (Å²) in [5, 5.41) is 8.61. The van der Waals surface area contributed by atoms with Crippen LogP contribution in [0.15, 0.2) is 24.3 Å². The normalized spacial score (nSPS) is 47.9. The van der Waals surface area contributed by atoms with E-state index in [2.05, 4.69) is 79.4 Å². The number of nitrogens with zero attached hydrogens (tertiary/aromatic N) is 2. The van der Waals surface area contributed by atoms with Gasteiger partial charge in [0.25, 0.3) is 0 Å². The summed E-state index contributed by atoms with van der Waals surface area (Å²) in [6.07, 6.45) is 65.6. The second-order valence-electron chi connectivity index (χ2n) is 30.1. The first-order valence-electron chi connectivity index (χ1n) is 34.1. The molecular formula is C69H118N4. The molecule has 0 amide bonds. The summed E-state index contributed by atoms with van der Waals surface area (Å²) >= 11 is 0. The molecule has 0 spiro atoms. The minimum atomic E-state index is 0.674. The maximum absolute atomic E-state index is 4.31. The molecule has 20 unspecified atom stereocenters. The minimum Gasteiger partial charge on any atom is -0.310 e. The largest absolute Gasteiger partial charge is 0.310 e. The summed E-state index contributed by atoms with van der Waals surface area (Å²) in [6.45, 7) is 12.8. The highest BCUT2D eigenvalue weighted by atomic mass is 15.3. The van der Waals surface area contributed by atoms with E-state index in [1.807, 2.05) is 0 Å². The van der Waals surface area contributed by atoms with Crippen molar-refractivity contribution in [1.82, 2.24) is 20.4 Å². The van der Waals surface area contributed by atoms with E-state index in [0.29, 0.717) is 24.2 Å². The van der Waals surface area contributed by atoms with E-state index >= 15 is 0 Å². The van der Waals surface area contributed by atoms with Crippen LogP contribution in [0, 0.1) is 76.9 Å². The molecule has 4 nitrogen and oxygen atoms in total. The van der Waals surface area contributed by atoms with Gasteiger partial charge in [-0.15, -0.1) is 0 Å². The Bertz CT molecular complexity index is 1700. The molecule has 2 heterocycles. The van der Waals surface area contributed by atoms with Crippen LogP contribution in [0.4, 0.5) is 0 Å². The number of hydrogen-bond donors (Lipinski definition) is 2. The van der Waals surface area contributed by atoms with Gasteiger partial charge in [-0.3, -0.25) is 9.80 Å². The average molecular weight is 1000 g/mol. The number of rotatable bonds is 12. The van der Waals surface area contributed by atoms with Gasteiger partial charge in [0.2, 0.25) is 0 Å². The van der Waals surface area contributed by atoms with Gasteiger partial charge >= 0.3 is 0 Å². The third-order valence-electron chi connectivity index (χ3n) is 24.8. The lowest BCUT2D eigenvalue weighted by atomic mass is 9.55. The second-order valence-corrected chi connectivity index (χ2v) is 30.1. The van der Waals surface area contributed by atoms with E-state index in [-0.39, 0.29) is 0 Å². The molecule has 73 heavy (non-hydrogen) atoms. The van der Waals surface area contributed by atoms with E-state index in [0.717, 1.165) is 113 Å². The Morgan fingerprint density at radius 2 is 0.644 bits per heavy atom. The predicted octanol–water partition coefficient (Wildman–Crippen LogP) is 17.3. The van der Waals surface area contributed by atoms with Crippen LogP contribution in [0.3, 0.4) is 0 Å². The zero-order valence-corrected chi connectivity index (χ0v) is 48.6. The number of hydrogen-bond acceptors (Lipinski definition) is 4. The molecule has 2 N–H and O–H groups in total. The molecule has 0 aromatic heterocycles. The van der Waals surface area contributed by atoms with Crippen molar-refractivity contribution in [2.75, 3.05) is 0 Å². The summed E-state index contributed by atoms with van der Waals surface area (Å²) < 4.78 is 0. The highest BCUT2D eigenvalue weighted by Gasteiger charge is 2.53. The first kappa shape index (κ1) is 54.3. The fraction of sp³-hybridized carbons (Fsp3) is 0.942. The van der Waals surface area contributed by atoms with Crippen molar-refractivity contribution in [3.63, 3.8) is 0 Å². The third kappa shape index (κ3) is 13.3. The van der Waals surface area contributed by atoms with Crippen molar-refractivity contribution in [3.8, 4) is 0 Å². The molecule has 11 fully saturated rings. The molecule has 20 atom stereocenters. The summed E-state index contributed by atoms with van der Waals surface area (Å²) in [7, 11) is 0. The number of fused-ring (bicyclic) bond motifs is 3. The van der Waals surface area contributed by atoms with Crippen molar-refractivity contribution in [2.45, 2.75) is 333 Å². The molecule has 2 saturated heterocycles. The van der Waals surface area contributed by atoms with E-state index in [9.17, 15) is 0 Å². The Kier molecular flexibility index (Phi) is 19.1. The third-order valence-corrected chi connectivity index (χ3v) is 24.8. The predicted molar refractivity (Wildman–Crippen MR) is 311 cm³/mol.